The zero-order valence-corrected chi connectivity index (χ0v) is 16.3. The van der Waals surface area contributed by atoms with E-state index >= 15 is 0 Å². The number of benzene rings is 1. The number of fused-ring (bicyclic) bond motifs is 2. The van der Waals surface area contributed by atoms with E-state index in [1.165, 1.54) is 22.0 Å². The molecule has 134 valence electrons. The second-order valence-corrected chi connectivity index (χ2v) is 7.78. The lowest BCUT2D eigenvalue weighted by Gasteiger charge is -2.27. The van der Waals surface area contributed by atoms with Crippen molar-refractivity contribution in [1.29, 1.82) is 0 Å². The first kappa shape index (κ1) is 16.6. The molecule has 0 aliphatic carbocycles. The van der Waals surface area contributed by atoms with Crippen molar-refractivity contribution in [2.24, 2.45) is 0 Å². The van der Waals surface area contributed by atoms with Crippen molar-refractivity contribution < 1.29 is 0 Å². The van der Waals surface area contributed by atoms with E-state index in [0.29, 0.717) is 0 Å². The van der Waals surface area contributed by atoms with E-state index in [4.69, 9.17) is 4.98 Å². The topological polar surface area (TPSA) is 57.7 Å². The Balaban J connectivity index is 1.36. The van der Waals surface area contributed by atoms with Crippen LogP contribution in [-0.2, 0) is 19.5 Å². The first-order chi connectivity index (χ1) is 13.3. The van der Waals surface area contributed by atoms with E-state index in [1.54, 1.807) is 12.4 Å². The van der Waals surface area contributed by atoms with Gasteiger partial charge in [-0.3, -0.25) is 9.88 Å². The van der Waals surface area contributed by atoms with Crippen LogP contribution < -0.4 is 0 Å². The van der Waals surface area contributed by atoms with Crippen LogP contribution in [-0.4, -0.2) is 31.4 Å². The maximum Gasteiger partial charge on any atom is 0.159 e. The minimum atomic E-state index is 0.784. The third-order valence-electron chi connectivity index (χ3n) is 5.07. The van der Waals surface area contributed by atoms with Crippen LogP contribution in [0.1, 0.15) is 16.8 Å². The van der Waals surface area contributed by atoms with E-state index in [1.807, 2.05) is 18.3 Å². The first-order valence-corrected chi connectivity index (χ1v) is 9.78. The molecule has 0 radical (unpaired) electrons. The third-order valence-corrected chi connectivity index (χ3v) is 5.57. The third kappa shape index (κ3) is 3.26. The first-order valence-electron chi connectivity index (χ1n) is 8.99. The van der Waals surface area contributed by atoms with E-state index in [2.05, 4.69) is 60.2 Å². The van der Waals surface area contributed by atoms with Gasteiger partial charge < -0.3 is 4.98 Å². The molecule has 6 heteroatoms. The number of aromatic amines is 1. The smallest absolute Gasteiger partial charge is 0.159 e. The van der Waals surface area contributed by atoms with Gasteiger partial charge in [-0.15, -0.1) is 0 Å². The molecular weight excluding hydrogens is 402 g/mol. The summed E-state index contributed by atoms with van der Waals surface area (Å²) in [6.07, 6.45) is 8.61. The number of aromatic nitrogens is 4. The van der Waals surface area contributed by atoms with Crippen LogP contribution in [0.4, 0.5) is 0 Å². The monoisotopic (exact) mass is 419 g/mol. The zero-order chi connectivity index (χ0) is 18.2. The Morgan fingerprint density at radius 2 is 2.04 bits per heavy atom. The maximum absolute atomic E-state index is 4.80. The molecule has 0 amide bonds. The Morgan fingerprint density at radius 3 is 2.93 bits per heavy atom. The van der Waals surface area contributed by atoms with Crippen molar-refractivity contribution in [2.45, 2.75) is 19.5 Å². The Hall–Kier alpha value is -2.57. The lowest BCUT2D eigenvalue weighted by molar-refractivity contribution is 0.244. The molecule has 5 nitrogen and oxygen atoms in total. The molecule has 0 saturated carbocycles. The molecule has 3 aromatic heterocycles. The Labute approximate surface area is 165 Å². The summed E-state index contributed by atoms with van der Waals surface area (Å²) in [6.45, 7) is 2.81. The van der Waals surface area contributed by atoms with Gasteiger partial charge in [-0.1, -0.05) is 22.0 Å². The molecule has 0 saturated heterocycles. The van der Waals surface area contributed by atoms with Gasteiger partial charge in [0.25, 0.3) is 0 Å². The Bertz CT molecular complexity index is 1110. The zero-order valence-electron chi connectivity index (χ0n) is 14.7. The van der Waals surface area contributed by atoms with Crippen molar-refractivity contribution in [2.75, 3.05) is 6.54 Å². The molecule has 0 bridgehead atoms. The van der Waals surface area contributed by atoms with Crippen molar-refractivity contribution in [1.82, 2.24) is 24.8 Å². The molecule has 0 spiro atoms. The van der Waals surface area contributed by atoms with Crippen molar-refractivity contribution in [3.8, 4) is 11.4 Å². The molecule has 0 atom stereocenters. The maximum atomic E-state index is 4.80. The normalized spacial score (nSPS) is 14.4. The van der Waals surface area contributed by atoms with Crippen LogP contribution >= 0.6 is 15.9 Å². The van der Waals surface area contributed by atoms with Gasteiger partial charge in [-0.2, -0.15) is 0 Å². The molecule has 4 heterocycles. The van der Waals surface area contributed by atoms with Gasteiger partial charge in [0.05, 0.1) is 5.69 Å². The predicted octanol–water partition coefficient (Wildman–Crippen LogP) is 4.34. The molecule has 1 aliphatic rings. The summed E-state index contributed by atoms with van der Waals surface area (Å²) in [6, 6.07) is 10.3. The van der Waals surface area contributed by atoms with E-state index in [0.717, 1.165) is 47.6 Å². The largest absolute Gasteiger partial charge is 0.361 e. The van der Waals surface area contributed by atoms with E-state index in [9.17, 15) is 0 Å². The summed E-state index contributed by atoms with van der Waals surface area (Å²) in [7, 11) is 0. The predicted molar refractivity (Wildman–Crippen MR) is 109 cm³/mol. The molecule has 0 fully saturated rings. The highest BCUT2D eigenvalue weighted by molar-refractivity contribution is 9.10. The SMILES string of the molecule is Brc1ccc2c(CN3CCc4nc(-c5ccncc5)ncc4C3)c[nH]c2c1. The number of pyridine rings is 1. The molecule has 5 rings (SSSR count). The second-order valence-electron chi connectivity index (χ2n) is 6.87. The minimum Gasteiger partial charge on any atom is -0.361 e. The van der Waals surface area contributed by atoms with Crippen molar-refractivity contribution >= 4 is 26.8 Å². The number of nitrogens with zero attached hydrogens (tertiary/aromatic N) is 4. The average molecular weight is 420 g/mol. The van der Waals surface area contributed by atoms with Crippen molar-refractivity contribution in [3.63, 3.8) is 0 Å². The standard InChI is InChI=1S/C21H18BrN5/c22-17-1-2-18-15(10-24-20(18)9-17)12-27-8-5-19-16(13-27)11-25-21(26-19)14-3-6-23-7-4-14/h1-4,6-7,9-11,24H,5,8,12-13H2. The van der Waals surface area contributed by atoms with Crippen LogP contribution in [0.2, 0.25) is 0 Å². The molecule has 4 aromatic rings. The van der Waals surface area contributed by atoms with Gasteiger partial charge >= 0.3 is 0 Å². The number of hydrogen-bond donors (Lipinski definition) is 1. The second kappa shape index (κ2) is 6.87. The fourth-order valence-corrected chi connectivity index (χ4v) is 4.04. The molecule has 1 aliphatic heterocycles. The summed E-state index contributed by atoms with van der Waals surface area (Å²) < 4.78 is 1.09. The molecule has 1 aromatic carbocycles. The van der Waals surface area contributed by atoms with Crippen LogP contribution in [0.25, 0.3) is 22.3 Å². The fourth-order valence-electron chi connectivity index (χ4n) is 3.68. The van der Waals surface area contributed by atoms with Gasteiger partial charge in [-0.25, -0.2) is 9.97 Å². The highest BCUT2D eigenvalue weighted by Crippen LogP contribution is 2.26. The van der Waals surface area contributed by atoms with Gasteiger partial charge in [0, 0.05) is 77.3 Å². The van der Waals surface area contributed by atoms with Gasteiger partial charge in [0.2, 0.25) is 0 Å². The summed E-state index contributed by atoms with van der Waals surface area (Å²) in [5.41, 5.74) is 5.90. The average Bonchev–Trinajstić information content (AvgIpc) is 3.10. The van der Waals surface area contributed by atoms with E-state index in [-0.39, 0.29) is 0 Å². The quantitative estimate of drug-likeness (QED) is 0.536. The highest BCUT2D eigenvalue weighted by Gasteiger charge is 2.20. The van der Waals surface area contributed by atoms with Crippen LogP contribution in [0.3, 0.4) is 0 Å². The Morgan fingerprint density at radius 1 is 1.15 bits per heavy atom. The Kier molecular flexibility index (Phi) is 4.22. The summed E-state index contributed by atoms with van der Waals surface area (Å²) in [4.78, 5) is 19.3. The minimum absolute atomic E-state index is 0.784. The number of nitrogens with one attached hydrogen (secondary N) is 1. The number of H-pyrrole nitrogens is 1. The molecule has 27 heavy (non-hydrogen) atoms. The molecule has 0 unspecified atom stereocenters. The highest BCUT2D eigenvalue weighted by atomic mass is 79.9. The lowest BCUT2D eigenvalue weighted by Crippen LogP contribution is -2.30. The fraction of sp³-hybridized carbons (Fsp3) is 0.190. The molecule has 1 N–H and O–H groups in total. The van der Waals surface area contributed by atoms with Crippen LogP contribution in [0, 0.1) is 0 Å². The van der Waals surface area contributed by atoms with Gasteiger partial charge in [0.15, 0.2) is 5.82 Å². The van der Waals surface area contributed by atoms with Crippen molar-refractivity contribution in [3.05, 3.63) is 76.4 Å². The molecular formula is C21H18BrN5. The van der Waals surface area contributed by atoms with Crippen LogP contribution in [0.5, 0.6) is 0 Å². The van der Waals surface area contributed by atoms with Gasteiger partial charge in [0.1, 0.15) is 0 Å². The summed E-state index contributed by atoms with van der Waals surface area (Å²) in [5, 5.41) is 1.29. The summed E-state index contributed by atoms with van der Waals surface area (Å²) >= 11 is 3.53. The lowest BCUT2D eigenvalue weighted by atomic mass is 10.1. The van der Waals surface area contributed by atoms with Crippen LogP contribution in [0.15, 0.2) is 59.6 Å². The van der Waals surface area contributed by atoms with Gasteiger partial charge in [-0.05, 0) is 29.8 Å². The number of hydrogen-bond acceptors (Lipinski definition) is 4. The number of rotatable bonds is 3. The summed E-state index contributed by atoms with van der Waals surface area (Å²) in [5.74, 6) is 0.784. The number of halogens is 1. The van der Waals surface area contributed by atoms with E-state index < -0.39 is 0 Å².